The number of benzene rings is 2. The average molecular weight is 388 g/mol. The Hall–Kier alpha value is -2.73. The summed E-state index contributed by atoms with van der Waals surface area (Å²) >= 11 is 6.04. The van der Waals surface area contributed by atoms with Gasteiger partial charge >= 0.3 is 0 Å². The lowest BCUT2D eigenvalue weighted by Crippen LogP contribution is -2.49. The maximum atomic E-state index is 12.4. The molecule has 1 fully saturated rings. The number of hydrogen-bond acceptors (Lipinski definition) is 4. The summed E-state index contributed by atoms with van der Waals surface area (Å²) in [7, 11) is 1.54. The lowest BCUT2D eigenvalue weighted by atomic mass is 10.2. The molecule has 0 saturated carbocycles. The number of amides is 2. The molecule has 2 amide bonds. The number of methoxy groups -OCH3 is 1. The van der Waals surface area contributed by atoms with Crippen molar-refractivity contribution in [3.05, 3.63) is 53.6 Å². The largest absolute Gasteiger partial charge is 0.495 e. The first kappa shape index (κ1) is 19.0. The summed E-state index contributed by atoms with van der Waals surface area (Å²) < 4.78 is 5.20. The Kier molecular flexibility index (Phi) is 6.19. The predicted octanol–water partition coefficient (Wildman–Crippen LogP) is 3.03. The van der Waals surface area contributed by atoms with Crippen molar-refractivity contribution in [3.8, 4) is 5.75 Å². The van der Waals surface area contributed by atoms with Crippen molar-refractivity contribution in [2.24, 2.45) is 0 Å². The fourth-order valence-electron chi connectivity index (χ4n) is 3.08. The van der Waals surface area contributed by atoms with E-state index in [9.17, 15) is 9.59 Å². The zero-order chi connectivity index (χ0) is 19.2. The van der Waals surface area contributed by atoms with Crippen LogP contribution in [0, 0.1) is 0 Å². The number of piperazine rings is 1. The predicted molar refractivity (Wildman–Crippen MR) is 106 cm³/mol. The van der Waals surface area contributed by atoms with Gasteiger partial charge in [-0.2, -0.15) is 0 Å². The molecule has 7 heteroatoms. The topological polar surface area (TPSA) is 61.9 Å². The Balaban J connectivity index is 1.51. The molecule has 1 saturated heterocycles. The second-order valence-corrected chi connectivity index (χ2v) is 6.71. The average Bonchev–Trinajstić information content (AvgIpc) is 2.68. The maximum absolute atomic E-state index is 12.4. The van der Waals surface area contributed by atoms with Crippen LogP contribution in [0.1, 0.15) is 6.42 Å². The molecule has 1 aliphatic heterocycles. The van der Waals surface area contributed by atoms with E-state index >= 15 is 0 Å². The highest BCUT2D eigenvalue weighted by molar-refractivity contribution is 6.30. The van der Waals surface area contributed by atoms with Gasteiger partial charge in [0.15, 0.2) is 0 Å². The number of nitrogens with zero attached hydrogens (tertiary/aromatic N) is 2. The molecule has 2 aromatic rings. The fourth-order valence-corrected chi connectivity index (χ4v) is 3.26. The first-order chi connectivity index (χ1) is 13.1. The second kappa shape index (κ2) is 8.77. The first-order valence-corrected chi connectivity index (χ1v) is 9.16. The number of halogens is 1. The Bertz CT molecular complexity index is 820. The van der Waals surface area contributed by atoms with Crippen LogP contribution < -0.4 is 15.0 Å². The van der Waals surface area contributed by atoms with E-state index in [4.69, 9.17) is 16.3 Å². The van der Waals surface area contributed by atoms with Crippen molar-refractivity contribution in [2.45, 2.75) is 6.42 Å². The molecule has 27 heavy (non-hydrogen) atoms. The molecule has 0 spiro atoms. The molecule has 0 aliphatic carbocycles. The molecule has 0 unspecified atom stereocenters. The Morgan fingerprint density at radius 1 is 1.07 bits per heavy atom. The van der Waals surface area contributed by atoms with Gasteiger partial charge in [-0.1, -0.05) is 29.8 Å². The summed E-state index contributed by atoms with van der Waals surface area (Å²) in [4.78, 5) is 28.6. The number of para-hydroxylation sites is 2. The maximum Gasteiger partial charge on any atom is 0.233 e. The Morgan fingerprint density at radius 2 is 1.81 bits per heavy atom. The second-order valence-electron chi connectivity index (χ2n) is 6.27. The summed E-state index contributed by atoms with van der Waals surface area (Å²) in [6.07, 6.45) is -0.185. The van der Waals surface area contributed by atoms with Crippen LogP contribution >= 0.6 is 11.6 Å². The molecule has 142 valence electrons. The number of hydrogen-bond donors (Lipinski definition) is 1. The number of carbonyl (C=O) groups is 2. The highest BCUT2D eigenvalue weighted by atomic mass is 35.5. The minimum Gasteiger partial charge on any atom is -0.495 e. The van der Waals surface area contributed by atoms with Gasteiger partial charge in [0.05, 0.1) is 12.8 Å². The molecule has 0 radical (unpaired) electrons. The smallest absolute Gasteiger partial charge is 0.233 e. The van der Waals surface area contributed by atoms with E-state index in [0.717, 1.165) is 5.69 Å². The molecule has 1 aliphatic rings. The Labute approximate surface area is 163 Å². The van der Waals surface area contributed by atoms with Gasteiger partial charge in [-0.15, -0.1) is 0 Å². The number of rotatable bonds is 5. The van der Waals surface area contributed by atoms with Gasteiger partial charge in [-0.05, 0) is 30.3 Å². The molecule has 0 aromatic heterocycles. The first-order valence-electron chi connectivity index (χ1n) is 8.78. The van der Waals surface area contributed by atoms with E-state index in [0.29, 0.717) is 42.6 Å². The summed E-state index contributed by atoms with van der Waals surface area (Å²) in [6, 6.07) is 14.8. The van der Waals surface area contributed by atoms with Crippen LogP contribution in [0.5, 0.6) is 5.75 Å². The van der Waals surface area contributed by atoms with Gasteiger partial charge < -0.3 is 19.9 Å². The summed E-state index contributed by atoms with van der Waals surface area (Å²) in [5, 5.41) is 3.43. The van der Waals surface area contributed by atoms with E-state index in [1.54, 1.807) is 23.1 Å². The molecular formula is C20H22ClN3O3. The van der Waals surface area contributed by atoms with Gasteiger partial charge in [-0.25, -0.2) is 0 Å². The van der Waals surface area contributed by atoms with Crippen LogP contribution in [-0.2, 0) is 9.59 Å². The van der Waals surface area contributed by atoms with E-state index in [2.05, 4.69) is 10.2 Å². The Morgan fingerprint density at radius 3 is 2.52 bits per heavy atom. The summed E-state index contributed by atoms with van der Waals surface area (Å²) in [5.41, 5.74) is 1.60. The third-order valence-electron chi connectivity index (χ3n) is 4.50. The van der Waals surface area contributed by atoms with Crippen molar-refractivity contribution in [1.82, 2.24) is 4.90 Å². The van der Waals surface area contributed by atoms with E-state index in [1.165, 1.54) is 7.11 Å². The number of carbonyl (C=O) groups excluding carboxylic acids is 2. The van der Waals surface area contributed by atoms with Crippen LogP contribution in [0.25, 0.3) is 0 Å². The van der Waals surface area contributed by atoms with Crippen LogP contribution in [-0.4, -0.2) is 50.0 Å². The minimum absolute atomic E-state index is 0.173. The number of ether oxygens (including phenoxy) is 1. The lowest BCUT2D eigenvalue weighted by Gasteiger charge is -2.36. The monoisotopic (exact) mass is 387 g/mol. The zero-order valence-corrected chi connectivity index (χ0v) is 15.9. The van der Waals surface area contributed by atoms with E-state index in [-0.39, 0.29) is 18.2 Å². The van der Waals surface area contributed by atoms with Crippen LogP contribution in [0.4, 0.5) is 11.4 Å². The molecule has 1 N–H and O–H groups in total. The molecule has 1 heterocycles. The van der Waals surface area contributed by atoms with Crippen molar-refractivity contribution in [1.29, 1.82) is 0 Å². The van der Waals surface area contributed by atoms with Crippen molar-refractivity contribution in [3.63, 3.8) is 0 Å². The van der Waals surface area contributed by atoms with Crippen LogP contribution in [0.2, 0.25) is 5.02 Å². The number of nitrogens with one attached hydrogen (secondary N) is 1. The number of anilines is 2. The highest BCUT2D eigenvalue weighted by Crippen LogP contribution is 2.23. The van der Waals surface area contributed by atoms with E-state index in [1.807, 2.05) is 30.3 Å². The molecule has 3 rings (SSSR count). The summed E-state index contributed by atoms with van der Waals surface area (Å²) in [5.74, 6) is 0.0448. The van der Waals surface area contributed by atoms with Gasteiger partial charge in [0.1, 0.15) is 12.2 Å². The summed E-state index contributed by atoms with van der Waals surface area (Å²) in [6.45, 7) is 2.57. The molecule has 2 aromatic carbocycles. The molecular weight excluding hydrogens is 366 g/mol. The zero-order valence-electron chi connectivity index (χ0n) is 15.2. The third-order valence-corrected chi connectivity index (χ3v) is 4.73. The third kappa shape index (κ3) is 4.92. The fraction of sp³-hybridized carbons (Fsp3) is 0.300. The van der Waals surface area contributed by atoms with Gasteiger partial charge in [0.25, 0.3) is 0 Å². The standard InChI is InChI=1S/C20H22ClN3O3/c1-27-18-8-3-2-7-17(18)22-19(25)14-20(26)24-11-9-23(10-12-24)16-6-4-5-15(21)13-16/h2-8,13H,9-12,14H2,1H3,(H,22,25). The van der Waals surface area contributed by atoms with E-state index < -0.39 is 0 Å². The van der Waals surface area contributed by atoms with Crippen molar-refractivity contribution in [2.75, 3.05) is 43.5 Å². The molecule has 6 nitrogen and oxygen atoms in total. The highest BCUT2D eigenvalue weighted by Gasteiger charge is 2.23. The van der Waals surface area contributed by atoms with Gasteiger partial charge in [0.2, 0.25) is 11.8 Å². The molecule has 0 atom stereocenters. The van der Waals surface area contributed by atoms with Gasteiger partial charge in [-0.3, -0.25) is 9.59 Å². The van der Waals surface area contributed by atoms with Crippen molar-refractivity contribution >= 4 is 34.8 Å². The lowest BCUT2D eigenvalue weighted by molar-refractivity contribution is -0.134. The SMILES string of the molecule is COc1ccccc1NC(=O)CC(=O)N1CCN(c2cccc(Cl)c2)CC1. The van der Waals surface area contributed by atoms with Gasteiger partial charge in [0, 0.05) is 36.9 Å². The quantitative estimate of drug-likeness (QED) is 0.801. The normalized spacial score (nSPS) is 14.0. The van der Waals surface area contributed by atoms with Crippen molar-refractivity contribution < 1.29 is 14.3 Å². The molecule has 0 bridgehead atoms. The van der Waals surface area contributed by atoms with Crippen LogP contribution in [0.15, 0.2) is 48.5 Å². The van der Waals surface area contributed by atoms with Crippen LogP contribution in [0.3, 0.4) is 0 Å². The minimum atomic E-state index is -0.346.